The molecule has 0 radical (unpaired) electrons. The van der Waals surface area contributed by atoms with Crippen molar-refractivity contribution in [1.29, 1.82) is 0 Å². The molecule has 1 heterocycles. The Kier molecular flexibility index (Phi) is 6.25. The second kappa shape index (κ2) is 9.12. The van der Waals surface area contributed by atoms with Gasteiger partial charge in [0.2, 0.25) is 11.2 Å². The maximum absolute atomic E-state index is 13.1. The number of phenolic OH excluding ortho intramolecular Hbond substituents is 1. The zero-order chi connectivity index (χ0) is 23.6. The molecule has 0 aliphatic heterocycles. The van der Waals surface area contributed by atoms with Crippen molar-refractivity contribution in [2.75, 3.05) is 7.05 Å². The fourth-order valence-corrected chi connectivity index (χ4v) is 3.82. The van der Waals surface area contributed by atoms with Crippen molar-refractivity contribution in [2.45, 2.75) is 39.3 Å². The van der Waals surface area contributed by atoms with Crippen LogP contribution in [0.5, 0.6) is 17.2 Å². The van der Waals surface area contributed by atoms with E-state index in [1.807, 2.05) is 49.5 Å². The van der Waals surface area contributed by atoms with Gasteiger partial charge in [-0.05, 0) is 47.9 Å². The van der Waals surface area contributed by atoms with Gasteiger partial charge >= 0.3 is 0 Å². The summed E-state index contributed by atoms with van der Waals surface area (Å²) in [5, 5.41) is 10.9. The van der Waals surface area contributed by atoms with Gasteiger partial charge in [-0.1, -0.05) is 63.2 Å². The highest BCUT2D eigenvalue weighted by molar-refractivity contribution is 5.83. The van der Waals surface area contributed by atoms with Crippen LogP contribution >= 0.6 is 0 Å². The lowest BCUT2D eigenvalue weighted by Gasteiger charge is -2.19. The van der Waals surface area contributed by atoms with Crippen LogP contribution in [0.4, 0.5) is 0 Å². The molecule has 1 aromatic heterocycles. The zero-order valence-corrected chi connectivity index (χ0v) is 19.5. The third-order valence-corrected chi connectivity index (χ3v) is 5.66. The molecule has 0 fully saturated rings. The van der Waals surface area contributed by atoms with E-state index in [0.717, 1.165) is 5.56 Å². The molecule has 0 spiro atoms. The largest absolute Gasteiger partial charge is 0.507 e. The first-order valence-electron chi connectivity index (χ1n) is 11.0. The fourth-order valence-electron chi connectivity index (χ4n) is 3.82. The molecule has 3 aromatic carbocycles. The van der Waals surface area contributed by atoms with Crippen molar-refractivity contribution in [3.8, 4) is 17.2 Å². The number of nitrogens with zero attached hydrogens (tertiary/aromatic N) is 1. The lowest BCUT2D eigenvalue weighted by atomic mass is 9.87. The predicted octanol–water partition coefficient (Wildman–Crippen LogP) is 6.22. The molecular weight excluding hydrogens is 414 g/mol. The number of aromatic hydroxyl groups is 1. The van der Waals surface area contributed by atoms with Gasteiger partial charge < -0.3 is 14.3 Å². The highest BCUT2D eigenvalue weighted by atomic mass is 16.5. The quantitative estimate of drug-likeness (QED) is 0.383. The molecule has 33 heavy (non-hydrogen) atoms. The van der Waals surface area contributed by atoms with E-state index < -0.39 is 0 Å². The molecule has 5 heteroatoms. The van der Waals surface area contributed by atoms with Crippen LogP contribution in [0.3, 0.4) is 0 Å². The lowest BCUT2D eigenvalue weighted by Crippen LogP contribution is -2.18. The Hall–Kier alpha value is -3.57. The molecule has 0 saturated carbocycles. The van der Waals surface area contributed by atoms with E-state index >= 15 is 0 Å². The summed E-state index contributed by atoms with van der Waals surface area (Å²) in [6, 6.07) is 20.9. The van der Waals surface area contributed by atoms with Gasteiger partial charge in [-0.2, -0.15) is 0 Å². The first kappa shape index (κ1) is 22.6. The SMILES string of the molecule is CN(Cc1ccccc1)Cc1c(O)ccc2c(=O)c(Oc3ccc(C(C)(C)C)cc3)coc12. The summed E-state index contributed by atoms with van der Waals surface area (Å²) >= 11 is 0. The van der Waals surface area contributed by atoms with Crippen molar-refractivity contribution >= 4 is 11.0 Å². The van der Waals surface area contributed by atoms with E-state index in [-0.39, 0.29) is 22.3 Å². The molecule has 0 amide bonds. The van der Waals surface area contributed by atoms with Gasteiger partial charge in [-0.3, -0.25) is 9.69 Å². The lowest BCUT2D eigenvalue weighted by molar-refractivity contribution is 0.312. The number of rotatable bonds is 6. The van der Waals surface area contributed by atoms with Crippen LogP contribution in [0, 0.1) is 0 Å². The highest BCUT2D eigenvalue weighted by Crippen LogP contribution is 2.30. The van der Waals surface area contributed by atoms with Crippen molar-refractivity contribution in [2.24, 2.45) is 0 Å². The second-order valence-electron chi connectivity index (χ2n) is 9.40. The normalized spacial score (nSPS) is 11.8. The Bertz CT molecular complexity index is 1300. The molecule has 4 rings (SSSR count). The van der Waals surface area contributed by atoms with Gasteiger partial charge in [-0.15, -0.1) is 0 Å². The van der Waals surface area contributed by atoms with E-state index in [0.29, 0.717) is 35.4 Å². The Morgan fingerprint density at radius 3 is 2.30 bits per heavy atom. The van der Waals surface area contributed by atoms with Gasteiger partial charge in [0.15, 0.2) is 0 Å². The minimum Gasteiger partial charge on any atom is -0.507 e. The van der Waals surface area contributed by atoms with E-state index in [2.05, 4.69) is 37.8 Å². The number of ether oxygens (including phenoxy) is 1. The van der Waals surface area contributed by atoms with Crippen molar-refractivity contribution in [3.05, 3.63) is 99.9 Å². The molecule has 1 N–H and O–H groups in total. The summed E-state index contributed by atoms with van der Waals surface area (Å²) in [7, 11) is 1.96. The van der Waals surface area contributed by atoms with Crippen LogP contribution in [-0.2, 0) is 18.5 Å². The smallest absolute Gasteiger partial charge is 0.235 e. The van der Waals surface area contributed by atoms with E-state index in [4.69, 9.17) is 9.15 Å². The molecule has 0 bridgehead atoms. The molecule has 0 atom stereocenters. The summed E-state index contributed by atoms with van der Waals surface area (Å²) < 4.78 is 11.7. The maximum Gasteiger partial charge on any atom is 0.235 e. The van der Waals surface area contributed by atoms with Crippen molar-refractivity contribution in [1.82, 2.24) is 4.90 Å². The average Bonchev–Trinajstić information content (AvgIpc) is 2.78. The van der Waals surface area contributed by atoms with Gasteiger partial charge in [0.25, 0.3) is 0 Å². The number of hydrogen-bond donors (Lipinski definition) is 1. The third kappa shape index (κ3) is 5.10. The number of benzene rings is 3. The summed E-state index contributed by atoms with van der Waals surface area (Å²) in [6.07, 6.45) is 1.32. The first-order valence-corrected chi connectivity index (χ1v) is 11.0. The van der Waals surface area contributed by atoms with Gasteiger partial charge in [0.05, 0.1) is 10.9 Å². The predicted molar refractivity (Wildman–Crippen MR) is 131 cm³/mol. The Morgan fingerprint density at radius 2 is 1.64 bits per heavy atom. The Labute approximate surface area is 193 Å². The summed E-state index contributed by atoms with van der Waals surface area (Å²) in [5.74, 6) is 0.772. The van der Waals surface area contributed by atoms with E-state index in [1.54, 1.807) is 6.07 Å². The minimum absolute atomic E-state index is 0.0343. The van der Waals surface area contributed by atoms with E-state index in [9.17, 15) is 9.90 Å². The van der Waals surface area contributed by atoms with Crippen molar-refractivity contribution < 1.29 is 14.3 Å². The van der Waals surface area contributed by atoms with Crippen LogP contribution in [0.15, 0.2) is 82.2 Å². The molecule has 0 saturated heterocycles. The molecular formula is C28H29NO4. The molecule has 0 aliphatic rings. The van der Waals surface area contributed by atoms with E-state index in [1.165, 1.54) is 17.9 Å². The minimum atomic E-state index is -0.275. The summed E-state index contributed by atoms with van der Waals surface area (Å²) in [4.78, 5) is 15.2. The maximum atomic E-state index is 13.1. The number of hydrogen-bond acceptors (Lipinski definition) is 5. The topological polar surface area (TPSA) is 62.9 Å². The second-order valence-corrected chi connectivity index (χ2v) is 9.40. The zero-order valence-electron chi connectivity index (χ0n) is 19.5. The average molecular weight is 444 g/mol. The summed E-state index contributed by atoms with van der Waals surface area (Å²) in [5.41, 5.74) is 3.05. The fraction of sp³-hybridized carbons (Fsp3) is 0.250. The molecule has 5 nitrogen and oxygen atoms in total. The van der Waals surface area contributed by atoms with Crippen molar-refractivity contribution in [3.63, 3.8) is 0 Å². The van der Waals surface area contributed by atoms with Crippen LogP contribution in [0.1, 0.15) is 37.5 Å². The summed E-state index contributed by atoms with van der Waals surface area (Å²) in [6.45, 7) is 7.56. The molecule has 170 valence electrons. The number of fused-ring (bicyclic) bond motifs is 1. The monoisotopic (exact) mass is 443 g/mol. The van der Waals surface area contributed by atoms with Crippen LogP contribution in [-0.4, -0.2) is 17.1 Å². The Morgan fingerprint density at radius 1 is 0.939 bits per heavy atom. The van der Waals surface area contributed by atoms with Gasteiger partial charge in [0.1, 0.15) is 23.3 Å². The Balaban J connectivity index is 1.60. The molecule has 0 unspecified atom stereocenters. The van der Waals surface area contributed by atoms with Crippen LogP contribution in [0.25, 0.3) is 11.0 Å². The molecule has 4 aromatic rings. The molecule has 0 aliphatic carbocycles. The van der Waals surface area contributed by atoms with Crippen LogP contribution in [0.2, 0.25) is 0 Å². The third-order valence-electron chi connectivity index (χ3n) is 5.66. The number of phenols is 1. The van der Waals surface area contributed by atoms with Crippen LogP contribution < -0.4 is 10.2 Å². The van der Waals surface area contributed by atoms with Gasteiger partial charge in [0, 0.05) is 13.1 Å². The van der Waals surface area contributed by atoms with Gasteiger partial charge in [-0.25, -0.2) is 0 Å². The highest BCUT2D eigenvalue weighted by Gasteiger charge is 2.18. The standard InChI is InChI=1S/C28H29NO4/c1-28(2,3)20-10-12-21(13-11-20)33-25-18-32-27-22(26(25)31)14-15-24(30)23(27)17-29(4)16-19-8-6-5-7-9-19/h5-15,18,30H,16-17H2,1-4H3. The first-order chi connectivity index (χ1) is 15.7.